The zero-order valence-corrected chi connectivity index (χ0v) is 8.48. The van der Waals surface area contributed by atoms with Gasteiger partial charge in [-0.2, -0.15) is 0 Å². The Labute approximate surface area is 84.9 Å². The van der Waals surface area contributed by atoms with Crippen LogP contribution in [0.5, 0.6) is 0 Å². The molecule has 1 N–H and O–H groups in total. The fourth-order valence-electron chi connectivity index (χ4n) is 2.34. The van der Waals surface area contributed by atoms with Crippen molar-refractivity contribution < 1.29 is 9.52 Å². The van der Waals surface area contributed by atoms with Crippen molar-refractivity contribution in [3.63, 3.8) is 0 Å². The molecular formula is C12H18O2. The summed E-state index contributed by atoms with van der Waals surface area (Å²) in [5, 5.41) is 9.87. The second kappa shape index (κ2) is 4.65. The molecule has 1 atom stereocenters. The van der Waals surface area contributed by atoms with Gasteiger partial charge in [0.2, 0.25) is 0 Å². The van der Waals surface area contributed by atoms with Crippen LogP contribution in [0, 0.1) is 5.92 Å². The van der Waals surface area contributed by atoms with E-state index in [2.05, 4.69) is 0 Å². The van der Waals surface area contributed by atoms with Gasteiger partial charge < -0.3 is 9.52 Å². The van der Waals surface area contributed by atoms with E-state index in [1.807, 2.05) is 12.1 Å². The average molecular weight is 194 g/mol. The van der Waals surface area contributed by atoms with E-state index in [1.165, 1.54) is 32.1 Å². The molecular weight excluding hydrogens is 176 g/mol. The molecule has 1 aliphatic rings. The minimum Gasteiger partial charge on any atom is -0.467 e. The molecule has 1 heterocycles. The van der Waals surface area contributed by atoms with Gasteiger partial charge in [-0.15, -0.1) is 0 Å². The van der Waals surface area contributed by atoms with Crippen LogP contribution in [0.3, 0.4) is 0 Å². The van der Waals surface area contributed by atoms with Crippen LogP contribution < -0.4 is 0 Å². The van der Waals surface area contributed by atoms with Gasteiger partial charge in [0.25, 0.3) is 0 Å². The third-order valence-electron chi connectivity index (χ3n) is 3.15. The molecule has 1 fully saturated rings. The van der Waals surface area contributed by atoms with Crippen molar-refractivity contribution >= 4 is 0 Å². The molecule has 2 nitrogen and oxygen atoms in total. The Bertz CT molecular complexity index is 247. The molecule has 1 unspecified atom stereocenters. The van der Waals surface area contributed by atoms with Gasteiger partial charge in [0, 0.05) is 0 Å². The lowest BCUT2D eigenvalue weighted by Crippen LogP contribution is -2.10. The van der Waals surface area contributed by atoms with E-state index in [4.69, 9.17) is 4.42 Å². The van der Waals surface area contributed by atoms with Crippen molar-refractivity contribution in [2.45, 2.75) is 44.6 Å². The van der Waals surface area contributed by atoms with Crippen LogP contribution in [-0.4, -0.2) is 5.11 Å². The predicted molar refractivity (Wildman–Crippen MR) is 54.9 cm³/mol. The van der Waals surface area contributed by atoms with E-state index >= 15 is 0 Å². The van der Waals surface area contributed by atoms with Gasteiger partial charge in [0.15, 0.2) is 0 Å². The van der Waals surface area contributed by atoms with Crippen LogP contribution in [0.25, 0.3) is 0 Å². The highest BCUT2D eigenvalue weighted by Crippen LogP contribution is 2.31. The summed E-state index contributed by atoms with van der Waals surface area (Å²) < 4.78 is 5.19. The zero-order valence-electron chi connectivity index (χ0n) is 8.48. The molecule has 1 aromatic heterocycles. The quantitative estimate of drug-likeness (QED) is 0.801. The molecule has 14 heavy (non-hydrogen) atoms. The molecule has 0 saturated heterocycles. The van der Waals surface area contributed by atoms with Crippen LogP contribution in [0.1, 0.15) is 50.4 Å². The van der Waals surface area contributed by atoms with Gasteiger partial charge in [0.1, 0.15) is 11.9 Å². The molecule has 0 aromatic carbocycles. The van der Waals surface area contributed by atoms with Crippen molar-refractivity contribution in [2.24, 2.45) is 5.92 Å². The summed E-state index contributed by atoms with van der Waals surface area (Å²) in [6, 6.07) is 3.69. The molecule has 0 bridgehead atoms. The molecule has 1 saturated carbocycles. The summed E-state index contributed by atoms with van der Waals surface area (Å²) in [7, 11) is 0. The van der Waals surface area contributed by atoms with Gasteiger partial charge in [-0.3, -0.25) is 0 Å². The number of rotatable bonds is 3. The summed E-state index contributed by atoms with van der Waals surface area (Å²) in [5.74, 6) is 1.42. The Hall–Kier alpha value is -0.760. The lowest BCUT2D eigenvalue weighted by molar-refractivity contribution is 0.109. The van der Waals surface area contributed by atoms with E-state index in [9.17, 15) is 5.11 Å². The monoisotopic (exact) mass is 194 g/mol. The number of aliphatic hydroxyl groups excluding tert-OH is 1. The van der Waals surface area contributed by atoms with Crippen LogP contribution in [0.2, 0.25) is 0 Å². The Morgan fingerprint density at radius 1 is 1.36 bits per heavy atom. The van der Waals surface area contributed by atoms with Gasteiger partial charge in [0.05, 0.1) is 6.26 Å². The first kappa shape index (κ1) is 9.78. The minimum atomic E-state index is -0.395. The highest BCUT2D eigenvalue weighted by atomic mass is 16.4. The lowest BCUT2D eigenvalue weighted by atomic mass is 9.85. The topological polar surface area (TPSA) is 33.4 Å². The molecule has 0 radical (unpaired) electrons. The van der Waals surface area contributed by atoms with E-state index in [0.717, 1.165) is 12.2 Å². The predicted octanol–water partition coefficient (Wildman–Crippen LogP) is 3.28. The van der Waals surface area contributed by atoms with Crippen LogP contribution in [0.15, 0.2) is 22.8 Å². The van der Waals surface area contributed by atoms with Crippen molar-refractivity contribution in [2.75, 3.05) is 0 Å². The maximum Gasteiger partial charge on any atom is 0.132 e. The first-order valence-electron chi connectivity index (χ1n) is 5.58. The van der Waals surface area contributed by atoms with Gasteiger partial charge >= 0.3 is 0 Å². The second-order valence-corrected chi connectivity index (χ2v) is 4.27. The number of hydrogen-bond donors (Lipinski definition) is 1. The van der Waals surface area contributed by atoms with Crippen LogP contribution in [0.4, 0.5) is 0 Å². The standard InChI is InChI=1S/C12H18O2/c13-11(12-7-4-8-14-12)9-10-5-2-1-3-6-10/h4,7-8,10-11,13H,1-3,5-6,9H2. The van der Waals surface area contributed by atoms with E-state index in [-0.39, 0.29) is 0 Å². The molecule has 78 valence electrons. The SMILES string of the molecule is OC(CC1CCCCC1)c1ccco1. The molecule has 0 aliphatic heterocycles. The normalized spacial score (nSPS) is 20.9. The maximum absolute atomic E-state index is 9.87. The zero-order chi connectivity index (χ0) is 9.80. The van der Waals surface area contributed by atoms with Crippen molar-refractivity contribution in [1.29, 1.82) is 0 Å². The van der Waals surface area contributed by atoms with Gasteiger partial charge in [-0.1, -0.05) is 32.1 Å². The largest absolute Gasteiger partial charge is 0.467 e. The third kappa shape index (κ3) is 2.38. The van der Waals surface area contributed by atoms with Crippen LogP contribution >= 0.6 is 0 Å². The number of hydrogen-bond acceptors (Lipinski definition) is 2. The third-order valence-corrected chi connectivity index (χ3v) is 3.15. The lowest BCUT2D eigenvalue weighted by Gasteiger charge is -2.23. The first-order chi connectivity index (χ1) is 6.86. The minimum absolute atomic E-state index is 0.395. The first-order valence-corrected chi connectivity index (χ1v) is 5.58. The summed E-state index contributed by atoms with van der Waals surface area (Å²) in [5.41, 5.74) is 0. The maximum atomic E-state index is 9.87. The van der Waals surface area contributed by atoms with E-state index < -0.39 is 6.10 Å². The fourth-order valence-corrected chi connectivity index (χ4v) is 2.34. The highest BCUT2D eigenvalue weighted by molar-refractivity contribution is 5.01. The molecule has 0 amide bonds. The van der Waals surface area contributed by atoms with Crippen molar-refractivity contribution in [3.05, 3.63) is 24.2 Å². The van der Waals surface area contributed by atoms with E-state index in [0.29, 0.717) is 5.92 Å². The fraction of sp³-hybridized carbons (Fsp3) is 0.667. The molecule has 2 rings (SSSR count). The molecule has 1 aliphatic carbocycles. The summed E-state index contributed by atoms with van der Waals surface area (Å²) in [6.07, 6.45) is 8.68. The summed E-state index contributed by atoms with van der Waals surface area (Å²) >= 11 is 0. The van der Waals surface area contributed by atoms with Crippen LogP contribution in [-0.2, 0) is 0 Å². The van der Waals surface area contributed by atoms with Gasteiger partial charge in [-0.25, -0.2) is 0 Å². The summed E-state index contributed by atoms with van der Waals surface area (Å²) in [4.78, 5) is 0. The summed E-state index contributed by atoms with van der Waals surface area (Å²) in [6.45, 7) is 0. The van der Waals surface area contributed by atoms with E-state index in [1.54, 1.807) is 6.26 Å². The number of aliphatic hydroxyl groups is 1. The second-order valence-electron chi connectivity index (χ2n) is 4.27. The Balaban J connectivity index is 1.84. The molecule has 0 spiro atoms. The average Bonchev–Trinajstić information content (AvgIpc) is 2.72. The van der Waals surface area contributed by atoms with Crippen molar-refractivity contribution in [3.8, 4) is 0 Å². The highest BCUT2D eigenvalue weighted by Gasteiger charge is 2.19. The van der Waals surface area contributed by atoms with Gasteiger partial charge in [-0.05, 0) is 24.5 Å². The number of furan rings is 1. The van der Waals surface area contributed by atoms with Crippen molar-refractivity contribution in [1.82, 2.24) is 0 Å². The smallest absolute Gasteiger partial charge is 0.132 e. The Morgan fingerprint density at radius 3 is 2.79 bits per heavy atom. The molecule has 2 heteroatoms. The Kier molecular flexibility index (Phi) is 3.25. The Morgan fingerprint density at radius 2 is 2.14 bits per heavy atom. The molecule has 1 aromatic rings.